The Hall–Kier alpha value is -4.43. The monoisotopic (exact) mass is 446 g/mol. The largest absolute Gasteiger partial charge is 0.338 e. The number of aromatic amines is 2. The molecule has 0 aromatic carbocycles. The normalized spacial score (nSPS) is 11.4. The first-order valence-corrected chi connectivity index (χ1v) is 11.2. The molecule has 0 atom stereocenters. The Morgan fingerprint density at radius 2 is 1.76 bits per heavy atom. The van der Waals surface area contributed by atoms with Gasteiger partial charge >= 0.3 is 0 Å². The Kier molecular flexibility index (Phi) is 5.04. The fourth-order valence-corrected chi connectivity index (χ4v) is 4.21. The van der Waals surface area contributed by atoms with E-state index in [-0.39, 0.29) is 0 Å². The summed E-state index contributed by atoms with van der Waals surface area (Å²) in [6.45, 7) is 3.78. The van der Waals surface area contributed by atoms with Crippen molar-refractivity contribution in [1.29, 1.82) is 0 Å². The summed E-state index contributed by atoms with van der Waals surface area (Å²) in [6, 6.07) is 12.3. The fraction of sp³-hybridized carbons (Fsp3) is 0.115. The average Bonchev–Trinajstić information content (AvgIpc) is 3.51. The quantitative estimate of drug-likeness (QED) is 0.341. The van der Waals surface area contributed by atoms with Crippen molar-refractivity contribution in [2.24, 2.45) is 0 Å². The van der Waals surface area contributed by atoms with Crippen LogP contribution in [0, 0.1) is 0 Å². The predicted octanol–water partition coefficient (Wildman–Crippen LogP) is 4.73. The number of rotatable bonds is 6. The van der Waals surface area contributed by atoms with Crippen molar-refractivity contribution in [3.05, 3.63) is 79.1 Å². The number of aromatic nitrogens is 7. The first kappa shape index (κ1) is 20.2. The van der Waals surface area contributed by atoms with Crippen molar-refractivity contribution in [1.82, 2.24) is 40.4 Å². The smallest absolute Gasteiger partial charge is 0.138 e. The predicted molar refractivity (Wildman–Crippen MR) is 133 cm³/mol. The van der Waals surface area contributed by atoms with Gasteiger partial charge in [0.1, 0.15) is 11.3 Å². The molecule has 0 aliphatic rings. The molecule has 3 N–H and O–H groups in total. The summed E-state index contributed by atoms with van der Waals surface area (Å²) in [5.74, 6) is 0. The number of hydrogen-bond donors (Lipinski definition) is 3. The number of fused-ring (bicyclic) bond motifs is 2. The molecule has 6 heterocycles. The van der Waals surface area contributed by atoms with Crippen molar-refractivity contribution in [3.63, 3.8) is 0 Å². The lowest BCUT2D eigenvalue weighted by molar-refractivity contribution is 0.724. The van der Waals surface area contributed by atoms with E-state index in [1.54, 1.807) is 12.4 Å². The van der Waals surface area contributed by atoms with Crippen molar-refractivity contribution in [3.8, 4) is 33.8 Å². The van der Waals surface area contributed by atoms with E-state index in [4.69, 9.17) is 0 Å². The van der Waals surface area contributed by atoms with Crippen LogP contribution in [0.4, 0.5) is 0 Å². The molecule has 6 aromatic heterocycles. The summed E-state index contributed by atoms with van der Waals surface area (Å²) in [7, 11) is 0. The second-order valence-corrected chi connectivity index (χ2v) is 8.09. The number of nitrogens with zero attached hydrogens (tertiary/aromatic N) is 5. The summed E-state index contributed by atoms with van der Waals surface area (Å²) in [6.07, 6.45) is 11.0. The highest BCUT2D eigenvalue weighted by atomic mass is 15.1. The van der Waals surface area contributed by atoms with E-state index in [0.717, 1.165) is 74.4 Å². The molecule has 0 amide bonds. The first-order chi connectivity index (χ1) is 16.8. The minimum Gasteiger partial charge on any atom is -0.338 e. The lowest BCUT2D eigenvalue weighted by atomic mass is 10.0. The molecule has 0 saturated heterocycles. The highest BCUT2D eigenvalue weighted by molar-refractivity contribution is 6.00. The third kappa shape index (κ3) is 3.60. The molecule has 0 spiro atoms. The first-order valence-electron chi connectivity index (χ1n) is 11.2. The summed E-state index contributed by atoms with van der Waals surface area (Å²) >= 11 is 0. The maximum atomic E-state index is 4.64. The van der Waals surface area contributed by atoms with Crippen LogP contribution in [0.5, 0.6) is 0 Å². The summed E-state index contributed by atoms with van der Waals surface area (Å²) in [4.78, 5) is 21.2. The molecule has 6 rings (SSSR count). The van der Waals surface area contributed by atoms with Gasteiger partial charge in [-0.15, -0.1) is 0 Å². The van der Waals surface area contributed by atoms with Gasteiger partial charge < -0.3 is 10.3 Å². The van der Waals surface area contributed by atoms with Crippen LogP contribution >= 0.6 is 0 Å². The van der Waals surface area contributed by atoms with Crippen molar-refractivity contribution >= 4 is 21.9 Å². The van der Waals surface area contributed by atoms with Crippen molar-refractivity contribution in [2.45, 2.75) is 13.5 Å². The average molecular weight is 447 g/mol. The molecular formula is C26H22N8. The van der Waals surface area contributed by atoms with Crippen LogP contribution in [0.3, 0.4) is 0 Å². The molecule has 0 radical (unpaired) electrons. The van der Waals surface area contributed by atoms with E-state index >= 15 is 0 Å². The maximum Gasteiger partial charge on any atom is 0.138 e. The molecule has 6 aromatic rings. The zero-order chi connectivity index (χ0) is 22.9. The van der Waals surface area contributed by atoms with Gasteiger partial charge in [-0.2, -0.15) is 5.10 Å². The van der Waals surface area contributed by atoms with Crippen LogP contribution in [-0.4, -0.2) is 41.7 Å². The van der Waals surface area contributed by atoms with Gasteiger partial charge in [-0.05, 0) is 59.6 Å². The molecule has 0 aliphatic carbocycles. The van der Waals surface area contributed by atoms with Gasteiger partial charge in [0.05, 0.1) is 23.1 Å². The third-order valence-electron chi connectivity index (χ3n) is 5.90. The molecule has 166 valence electrons. The third-order valence-corrected chi connectivity index (χ3v) is 5.90. The van der Waals surface area contributed by atoms with Crippen molar-refractivity contribution in [2.75, 3.05) is 6.54 Å². The van der Waals surface area contributed by atoms with Crippen LogP contribution in [0.2, 0.25) is 0 Å². The number of nitrogens with one attached hydrogen (secondary N) is 3. The minimum atomic E-state index is 0.776. The van der Waals surface area contributed by atoms with E-state index in [1.807, 2.05) is 43.0 Å². The van der Waals surface area contributed by atoms with E-state index < -0.39 is 0 Å². The highest BCUT2D eigenvalue weighted by Gasteiger charge is 2.15. The molecule has 0 saturated carbocycles. The SMILES string of the molecule is CCNCc1cncc(-c2cc3c(-c4cc5c(-c6ccncc6)ccnc5[nH]4)n[nH]c3cn2)c1. The zero-order valence-corrected chi connectivity index (χ0v) is 18.6. The van der Waals surface area contributed by atoms with Crippen LogP contribution in [0.1, 0.15) is 12.5 Å². The van der Waals surface area contributed by atoms with E-state index in [1.165, 1.54) is 0 Å². The zero-order valence-electron chi connectivity index (χ0n) is 18.6. The Morgan fingerprint density at radius 1 is 0.853 bits per heavy atom. The lowest BCUT2D eigenvalue weighted by Gasteiger charge is -2.05. The van der Waals surface area contributed by atoms with E-state index in [2.05, 4.69) is 65.6 Å². The number of H-pyrrole nitrogens is 2. The van der Waals surface area contributed by atoms with Gasteiger partial charge in [0.15, 0.2) is 0 Å². The Labute approximate surface area is 195 Å². The van der Waals surface area contributed by atoms with Gasteiger partial charge in [-0.25, -0.2) is 4.98 Å². The number of pyridine rings is 4. The van der Waals surface area contributed by atoms with E-state index in [9.17, 15) is 0 Å². The van der Waals surface area contributed by atoms with Gasteiger partial charge in [0.2, 0.25) is 0 Å². The van der Waals surface area contributed by atoms with Crippen LogP contribution in [0.25, 0.3) is 55.7 Å². The molecule has 8 nitrogen and oxygen atoms in total. The molecule has 34 heavy (non-hydrogen) atoms. The van der Waals surface area contributed by atoms with Crippen molar-refractivity contribution < 1.29 is 0 Å². The number of hydrogen-bond acceptors (Lipinski definition) is 6. The van der Waals surface area contributed by atoms with Gasteiger partial charge in [-0.3, -0.25) is 20.1 Å². The van der Waals surface area contributed by atoms with Crippen LogP contribution < -0.4 is 5.32 Å². The second-order valence-electron chi connectivity index (χ2n) is 8.09. The van der Waals surface area contributed by atoms with Gasteiger partial charge in [-0.1, -0.05) is 6.92 Å². The summed E-state index contributed by atoms with van der Waals surface area (Å²) in [5.41, 5.74) is 8.55. The topological polar surface area (TPSA) is 108 Å². The second kappa shape index (κ2) is 8.49. The standard InChI is InChI=1S/C26H22N8/c1-2-27-12-16-9-18(14-29-13-16)22-11-21-24(15-31-22)33-34-25(21)23-10-20-19(5-8-30-26(20)32-23)17-3-6-28-7-4-17/h3-11,13-15,27H,2,12H2,1H3,(H,30,32)(H,33,34). The van der Waals surface area contributed by atoms with Gasteiger partial charge in [0.25, 0.3) is 0 Å². The molecule has 0 bridgehead atoms. The van der Waals surface area contributed by atoms with Crippen LogP contribution in [0.15, 0.2) is 73.6 Å². The molecule has 0 aliphatic heterocycles. The molecular weight excluding hydrogens is 424 g/mol. The fourth-order valence-electron chi connectivity index (χ4n) is 4.21. The summed E-state index contributed by atoms with van der Waals surface area (Å²) < 4.78 is 0. The Balaban J connectivity index is 1.44. The van der Waals surface area contributed by atoms with Gasteiger partial charge in [0, 0.05) is 53.9 Å². The maximum absolute atomic E-state index is 4.64. The summed E-state index contributed by atoms with van der Waals surface area (Å²) in [5, 5.41) is 13.1. The highest BCUT2D eigenvalue weighted by Crippen LogP contribution is 2.33. The molecule has 8 heteroatoms. The van der Waals surface area contributed by atoms with E-state index in [0.29, 0.717) is 0 Å². The Morgan fingerprint density at radius 3 is 2.65 bits per heavy atom. The molecule has 0 unspecified atom stereocenters. The van der Waals surface area contributed by atoms with Crippen LogP contribution in [-0.2, 0) is 6.54 Å². The minimum absolute atomic E-state index is 0.776. The lowest BCUT2D eigenvalue weighted by Crippen LogP contribution is -2.11. The molecule has 0 fully saturated rings. The Bertz CT molecular complexity index is 1600.